The third-order valence-electron chi connectivity index (χ3n) is 4.53. The number of hydrogen-bond donors (Lipinski definition) is 2. The Bertz CT molecular complexity index is 930. The molecule has 3 rings (SSSR count). The number of benzene rings is 2. The van der Waals surface area contributed by atoms with Crippen LogP contribution in [-0.2, 0) is 17.6 Å². The van der Waals surface area contributed by atoms with Gasteiger partial charge in [-0.3, -0.25) is 25.8 Å². The van der Waals surface area contributed by atoms with Gasteiger partial charge < -0.3 is 4.74 Å². The van der Waals surface area contributed by atoms with Crippen molar-refractivity contribution < 1.29 is 14.5 Å². The van der Waals surface area contributed by atoms with Gasteiger partial charge in [-0.2, -0.15) is 0 Å². The molecule has 0 bridgehead atoms. The molecular formula is C20H20BrN3O4. The first-order valence-electron chi connectivity index (χ1n) is 8.86. The van der Waals surface area contributed by atoms with Gasteiger partial charge in [0.05, 0.1) is 15.1 Å². The Balaban J connectivity index is 1.50. The van der Waals surface area contributed by atoms with E-state index < -0.39 is 10.8 Å². The number of fused-ring (bicyclic) bond motifs is 1. The molecule has 1 amide bonds. The minimum absolute atomic E-state index is 0.0632. The summed E-state index contributed by atoms with van der Waals surface area (Å²) in [6.45, 7) is 3.72. The molecule has 1 aliphatic rings. The zero-order chi connectivity index (χ0) is 20.1. The van der Waals surface area contributed by atoms with Gasteiger partial charge in [0.1, 0.15) is 5.75 Å². The number of carbonyl (C=O) groups excluding carboxylic acids is 1. The van der Waals surface area contributed by atoms with Crippen molar-refractivity contribution in [1.82, 2.24) is 10.9 Å². The normalized spacial score (nSPS) is 12.6. The number of nitro benzene ring substituents is 1. The van der Waals surface area contributed by atoms with Gasteiger partial charge in [0.15, 0.2) is 6.61 Å². The number of amides is 1. The number of nitrogens with one attached hydrogen (secondary N) is 2. The number of rotatable bonds is 7. The van der Waals surface area contributed by atoms with E-state index in [1.54, 1.807) is 0 Å². The highest BCUT2D eigenvalue weighted by molar-refractivity contribution is 9.10. The van der Waals surface area contributed by atoms with Crippen LogP contribution in [0.4, 0.5) is 5.69 Å². The summed E-state index contributed by atoms with van der Waals surface area (Å²) in [7, 11) is 0. The second kappa shape index (κ2) is 8.88. The molecule has 2 N–H and O–H groups in total. The Morgan fingerprint density at radius 1 is 1.14 bits per heavy atom. The van der Waals surface area contributed by atoms with Crippen LogP contribution < -0.4 is 15.6 Å². The zero-order valence-corrected chi connectivity index (χ0v) is 16.8. The van der Waals surface area contributed by atoms with E-state index in [4.69, 9.17) is 4.74 Å². The van der Waals surface area contributed by atoms with E-state index in [2.05, 4.69) is 45.5 Å². The van der Waals surface area contributed by atoms with Crippen LogP contribution in [-0.4, -0.2) is 17.4 Å². The molecule has 0 unspecified atom stereocenters. The van der Waals surface area contributed by atoms with Crippen molar-refractivity contribution >= 4 is 33.2 Å². The van der Waals surface area contributed by atoms with Crippen LogP contribution in [0.1, 0.15) is 29.5 Å². The molecule has 0 aliphatic heterocycles. The number of ether oxygens (including phenoxy) is 1. The van der Waals surface area contributed by atoms with Crippen molar-refractivity contribution in [2.45, 2.75) is 25.7 Å². The minimum Gasteiger partial charge on any atom is -0.483 e. The topological polar surface area (TPSA) is 93.5 Å². The molecule has 1 aliphatic carbocycles. The van der Waals surface area contributed by atoms with Gasteiger partial charge in [-0.15, -0.1) is 0 Å². The standard InChI is InChI=1S/C20H20BrN3O4/c1-13(15-7-6-14-4-2-3-5-16(14)10-15)22-23-20(25)12-28-19-9-8-17(24(26)27)11-18(19)21/h6-11,22H,1-5,12H2,(H,23,25). The number of nitro groups is 1. The lowest BCUT2D eigenvalue weighted by Gasteiger charge is -2.18. The number of aryl methyl sites for hydroxylation is 2. The Hall–Kier alpha value is -2.87. The number of hydrogen-bond acceptors (Lipinski definition) is 5. The number of non-ortho nitro benzene ring substituents is 1. The molecule has 0 saturated heterocycles. The SMILES string of the molecule is C=C(NNC(=O)COc1ccc([N+](=O)[O-])cc1Br)c1ccc2c(c1)CCCC2. The maximum atomic E-state index is 12.0. The van der Waals surface area contributed by atoms with E-state index in [0.29, 0.717) is 15.9 Å². The molecule has 2 aromatic carbocycles. The molecule has 0 spiro atoms. The Morgan fingerprint density at radius 2 is 1.89 bits per heavy atom. The van der Waals surface area contributed by atoms with Gasteiger partial charge in [-0.1, -0.05) is 18.7 Å². The second-order valence-corrected chi connectivity index (χ2v) is 7.36. The molecule has 0 aromatic heterocycles. The third kappa shape index (κ3) is 4.89. The lowest BCUT2D eigenvalue weighted by Crippen LogP contribution is -2.39. The summed E-state index contributed by atoms with van der Waals surface area (Å²) in [6, 6.07) is 10.3. The van der Waals surface area contributed by atoms with E-state index in [-0.39, 0.29) is 12.3 Å². The smallest absolute Gasteiger partial charge is 0.276 e. The number of halogens is 1. The average molecular weight is 446 g/mol. The summed E-state index contributed by atoms with van der Waals surface area (Å²) in [4.78, 5) is 22.2. The fourth-order valence-electron chi connectivity index (χ4n) is 3.04. The van der Waals surface area contributed by atoms with Gasteiger partial charge in [0.2, 0.25) is 0 Å². The fourth-order valence-corrected chi connectivity index (χ4v) is 3.52. The van der Waals surface area contributed by atoms with Gasteiger partial charge in [-0.05, 0) is 70.4 Å². The predicted molar refractivity (Wildman–Crippen MR) is 110 cm³/mol. The number of carbonyl (C=O) groups is 1. The van der Waals surface area contributed by atoms with Crippen molar-refractivity contribution in [2.75, 3.05) is 6.61 Å². The van der Waals surface area contributed by atoms with Crippen LogP contribution in [0.2, 0.25) is 0 Å². The van der Waals surface area contributed by atoms with Crippen LogP contribution in [0, 0.1) is 10.1 Å². The van der Waals surface area contributed by atoms with Crippen molar-refractivity contribution in [2.24, 2.45) is 0 Å². The van der Waals surface area contributed by atoms with Crippen molar-refractivity contribution in [3.63, 3.8) is 0 Å². The van der Waals surface area contributed by atoms with Crippen molar-refractivity contribution in [3.8, 4) is 5.75 Å². The first-order chi connectivity index (χ1) is 13.4. The van der Waals surface area contributed by atoms with Crippen molar-refractivity contribution in [3.05, 3.63) is 74.3 Å². The lowest BCUT2D eigenvalue weighted by atomic mass is 9.90. The average Bonchev–Trinajstić information content (AvgIpc) is 2.70. The molecule has 8 heteroatoms. The molecule has 0 fully saturated rings. The van der Waals surface area contributed by atoms with Gasteiger partial charge >= 0.3 is 0 Å². The highest BCUT2D eigenvalue weighted by Crippen LogP contribution is 2.29. The molecule has 0 atom stereocenters. The van der Waals surface area contributed by atoms with Crippen LogP contribution in [0.15, 0.2) is 47.4 Å². The highest BCUT2D eigenvalue weighted by atomic mass is 79.9. The largest absolute Gasteiger partial charge is 0.483 e. The maximum Gasteiger partial charge on any atom is 0.276 e. The summed E-state index contributed by atoms with van der Waals surface area (Å²) in [5.74, 6) is -0.0568. The van der Waals surface area contributed by atoms with E-state index in [9.17, 15) is 14.9 Å². The molecule has 2 aromatic rings. The van der Waals surface area contributed by atoms with Crippen molar-refractivity contribution in [1.29, 1.82) is 0 Å². The zero-order valence-electron chi connectivity index (χ0n) is 15.2. The monoisotopic (exact) mass is 445 g/mol. The molecular weight excluding hydrogens is 426 g/mol. The summed E-state index contributed by atoms with van der Waals surface area (Å²) < 4.78 is 5.80. The van der Waals surface area contributed by atoms with E-state index >= 15 is 0 Å². The summed E-state index contributed by atoms with van der Waals surface area (Å²) in [5, 5.41) is 10.7. The molecule has 0 saturated carbocycles. The van der Waals surface area contributed by atoms with E-state index in [1.807, 2.05) is 6.07 Å². The van der Waals surface area contributed by atoms with Crippen LogP contribution in [0.25, 0.3) is 5.70 Å². The molecule has 0 radical (unpaired) electrons. The molecule has 146 valence electrons. The number of nitrogens with zero attached hydrogens (tertiary/aromatic N) is 1. The van der Waals surface area contributed by atoms with Gasteiger partial charge in [0, 0.05) is 12.1 Å². The summed E-state index contributed by atoms with van der Waals surface area (Å²) in [6.07, 6.45) is 4.61. The Labute approximate surface area is 171 Å². The van der Waals surface area contributed by atoms with Crippen LogP contribution in [0.5, 0.6) is 5.75 Å². The van der Waals surface area contributed by atoms with Crippen LogP contribution >= 0.6 is 15.9 Å². The predicted octanol–water partition coefficient (Wildman–Crippen LogP) is 3.91. The summed E-state index contributed by atoms with van der Waals surface area (Å²) in [5.41, 5.74) is 9.53. The minimum atomic E-state index is -0.502. The van der Waals surface area contributed by atoms with Gasteiger partial charge in [-0.25, -0.2) is 0 Å². The molecule has 28 heavy (non-hydrogen) atoms. The highest BCUT2D eigenvalue weighted by Gasteiger charge is 2.13. The second-order valence-electron chi connectivity index (χ2n) is 6.50. The lowest BCUT2D eigenvalue weighted by molar-refractivity contribution is -0.384. The van der Waals surface area contributed by atoms with Crippen LogP contribution in [0.3, 0.4) is 0 Å². The third-order valence-corrected chi connectivity index (χ3v) is 5.15. The molecule has 7 nitrogen and oxygen atoms in total. The van der Waals surface area contributed by atoms with Gasteiger partial charge in [0.25, 0.3) is 11.6 Å². The van der Waals surface area contributed by atoms with E-state index in [1.165, 1.54) is 42.2 Å². The quantitative estimate of drug-likeness (QED) is 0.497. The fraction of sp³-hybridized carbons (Fsp3) is 0.250. The van der Waals surface area contributed by atoms with E-state index in [0.717, 1.165) is 18.4 Å². The Morgan fingerprint density at radius 3 is 2.61 bits per heavy atom. The Kier molecular flexibility index (Phi) is 6.30. The summed E-state index contributed by atoms with van der Waals surface area (Å²) >= 11 is 3.20. The number of hydrazine groups is 1. The first kappa shape index (κ1) is 19.9. The first-order valence-corrected chi connectivity index (χ1v) is 9.66. The molecule has 0 heterocycles. The maximum absolute atomic E-state index is 12.0.